The monoisotopic (exact) mass is 169 g/mol. The van der Waals surface area contributed by atoms with Crippen LogP contribution >= 0.6 is 0 Å². The topological polar surface area (TPSA) is 32.5 Å². The molecule has 0 aromatic carbocycles. The van der Waals surface area contributed by atoms with Gasteiger partial charge in [-0.1, -0.05) is 0 Å². The van der Waals surface area contributed by atoms with Crippen LogP contribution in [-0.2, 0) is 0 Å². The molecule has 3 nitrogen and oxygen atoms in total. The van der Waals surface area contributed by atoms with E-state index < -0.39 is 0 Å². The van der Waals surface area contributed by atoms with E-state index in [1.807, 2.05) is 0 Å². The van der Waals surface area contributed by atoms with Crippen molar-refractivity contribution >= 4 is 0 Å². The van der Waals surface area contributed by atoms with Gasteiger partial charge in [-0.15, -0.1) is 0 Å². The molecule has 2 rings (SSSR count). The van der Waals surface area contributed by atoms with Crippen molar-refractivity contribution < 1.29 is 0 Å². The zero-order valence-electron chi connectivity index (χ0n) is 7.92. The lowest BCUT2D eigenvalue weighted by Gasteiger charge is -2.37. The van der Waals surface area contributed by atoms with Crippen LogP contribution in [0.5, 0.6) is 0 Å². The molecule has 0 bridgehead atoms. The van der Waals surface area contributed by atoms with Gasteiger partial charge >= 0.3 is 0 Å². The van der Waals surface area contributed by atoms with Crippen LogP contribution in [0.1, 0.15) is 12.8 Å². The highest BCUT2D eigenvalue weighted by Gasteiger charge is 2.35. The summed E-state index contributed by atoms with van der Waals surface area (Å²) in [5.74, 6) is 0. The van der Waals surface area contributed by atoms with E-state index in [0.717, 1.165) is 13.1 Å². The summed E-state index contributed by atoms with van der Waals surface area (Å²) in [5, 5.41) is 0. The highest BCUT2D eigenvalue weighted by Crippen LogP contribution is 2.20. The van der Waals surface area contributed by atoms with Crippen LogP contribution in [-0.4, -0.2) is 55.1 Å². The second kappa shape index (κ2) is 2.98. The molecule has 0 amide bonds. The van der Waals surface area contributed by atoms with E-state index in [1.165, 1.54) is 32.5 Å². The lowest BCUT2D eigenvalue weighted by Crippen LogP contribution is -2.55. The summed E-state index contributed by atoms with van der Waals surface area (Å²) in [7, 11) is 2.16. The molecule has 0 radical (unpaired) electrons. The summed E-state index contributed by atoms with van der Waals surface area (Å²) in [4.78, 5) is 4.80. The Hall–Kier alpha value is -0.120. The van der Waals surface area contributed by atoms with Gasteiger partial charge in [0, 0.05) is 18.6 Å². The number of rotatable bonds is 2. The Morgan fingerprint density at radius 1 is 1.33 bits per heavy atom. The summed E-state index contributed by atoms with van der Waals surface area (Å²) < 4.78 is 0. The first-order valence-electron chi connectivity index (χ1n) is 4.88. The van der Waals surface area contributed by atoms with Gasteiger partial charge in [0.25, 0.3) is 0 Å². The first kappa shape index (κ1) is 8.48. The minimum absolute atomic E-state index is 0.0924. The predicted octanol–water partition coefficient (Wildman–Crippen LogP) is -0.275. The maximum Gasteiger partial charge on any atom is 0.0424 e. The van der Waals surface area contributed by atoms with Gasteiger partial charge in [-0.05, 0) is 39.5 Å². The van der Waals surface area contributed by atoms with Crippen molar-refractivity contribution in [2.75, 3.05) is 39.8 Å². The fourth-order valence-electron chi connectivity index (χ4n) is 2.22. The van der Waals surface area contributed by atoms with E-state index in [9.17, 15) is 0 Å². The summed E-state index contributed by atoms with van der Waals surface area (Å²) in [5.41, 5.74) is 6.37. The molecule has 1 unspecified atom stereocenters. The predicted molar refractivity (Wildman–Crippen MR) is 50.1 cm³/mol. The third-order valence-corrected chi connectivity index (χ3v) is 3.06. The quantitative estimate of drug-likeness (QED) is 0.617. The van der Waals surface area contributed by atoms with Crippen LogP contribution in [0.4, 0.5) is 0 Å². The summed E-state index contributed by atoms with van der Waals surface area (Å²) in [6.45, 7) is 5.89. The van der Waals surface area contributed by atoms with Crippen LogP contribution in [0.2, 0.25) is 0 Å². The molecule has 2 fully saturated rings. The molecule has 2 N–H and O–H groups in total. The van der Waals surface area contributed by atoms with Gasteiger partial charge in [-0.2, -0.15) is 0 Å². The van der Waals surface area contributed by atoms with Crippen LogP contribution in [0.25, 0.3) is 0 Å². The third-order valence-electron chi connectivity index (χ3n) is 3.06. The molecule has 12 heavy (non-hydrogen) atoms. The summed E-state index contributed by atoms with van der Waals surface area (Å²) in [6, 6.07) is 0. The number of nitrogens with zero attached hydrogens (tertiary/aromatic N) is 2. The Morgan fingerprint density at radius 2 is 2.08 bits per heavy atom. The van der Waals surface area contributed by atoms with E-state index >= 15 is 0 Å². The van der Waals surface area contributed by atoms with Gasteiger partial charge in [-0.25, -0.2) is 0 Å². The molecule has 2 heterocycles. The SMILES string of the molecule is CN1CCC(N)(CN2CCC2)C1. The molecule has 1 atom stereocenters. The molecule has 70 valence electrons. The fraction of sp³-hybridized carbons (Fsp3) is 1.00. The van der Waals surface area contributed by atoms with Gasteiger partial charge in [0.2, 0.25) is 0 Å². The summed E-state index contributed by atoms with van der Waals surface area (Å²) in [6.07, 6.45) is 2.53. The van der Waals surface area contributed by atoms with Gasteiger partial charge in [0.1, 0.15) is 0 Å². The Bertz CT molecular complexity index is 167. The lowest BCUT2D eigenvalue weighted by atomic mass is 9.98. The lowest BCUT2D eigenvalue weighted by molar-refractivity contribution is 0.139. The Balaban J connectivity index is 1.84. The maximum atomic E-state index is 6.28. The van der Waals surface area contributed by atoms with Crippen molar-refractivity contribution in [2.45, 2.75) is 18.4 Å². The minimum atomic E-state index is 0.0924. The molecule has 2 aliphatic heterocycles. The molecule has 0 aromatic heterocycles. The molecule has 0 spiro atoms. The molecule has 0 saturated carbocycles. The molecule has 2 saturated heterocycles. The Kier molecular flexibility index (Phi) is 2.10. The molecule has 2 aliphatic rings. The molecular formula is C9H19N3. The minimum Gasteiger partial charge on any atom is -0.323 e. The van der Waals surface area contributed by atoms with Gasteiger partial charge in [-0.3, -0.25) is 0 Å². The van der Waals surface area contributed by atoms with Crippen molar-refractivity contribution in [2.24, 2.45) is 5.73 Å². The van der Waals surface area contributed by atoms with Crippen molar-refractivity contribution in [3.8, 4) is 0 Å². The zero-order chi connectivity index (χ0) is 8.60. The van der Waals surface area contributed by atoms with Crippen LogP contribution in [0.15, 0.2) is 0 Å². The number of likely N-dealkylation sites (N-methyl/N-ethyl adjacent to an activating group) is 1. The van der Waals surface area contributed by atoms with Crippen LogP contribution in [0, 0.1) is 0 Å². The zero-order valence-corrected chi connectivity index (χ0v) is 7.92. The van der Waals surface area contributed by atoms with Gasteiger partial charge in [0.05, 0.1) is 0 Å². The van der Waals surface area contributed by atoms with Gasteiger partial charge < -0.3 is 15.5 Å². The third kappa shape index (κ3) is 1.63. The highest BCUT2D eigenvalue weighted by molar-refractivity contribution is 4.96. The highest BCUT2D eigenvalue weighted by atomic mass is 15.2. The number of likely N-dealkylation sites (tertiary alicyclic amines) is 2. The summed E-state index contributed by atoms with van der Waals surface area (Å²) >= 11 is 0. The van der Waals surface area contributed by atoms with Crippen molar-refractivity contribution in [1.82, 2.24) is 9.80 Å². The van der Waals surface area contributed by atoms with E-state index in [1.54, 1.807) is 0 Å². The van der Waals surface area contributed by atoms with Crippen molar-refractivity contribution in [1.29, 1.82) is 0 Å². The largest absolute Gasteiger partial charge is 0.323 e. The van der Waals surface area contributed by atoms with Crippen LogP contribution in [0.3, 0.4) is 0 Å². The average Bonchev–Trinajstić information content (AvgIpc) is 2.24. The number of hydrogen-bond acceptors (Lipinski definition) is 3. The molecule has 3 heteroatoms. The first-order valence-corrected chi connectivity index (χ1v) is 4.88. The van der Waals surface area contributed by atoms with Crippen LogP contribution < -0.4 is 5.73 Å². The van der Waals surface area contributed by atoms with Crippen molar-refractivity contribution in [3.63, 3.8) is 0 Å². The second-order valence-electron chi connectivity index (χ2n) is 4.48. The number of nitrogens with two attached hydrogens (primary N) is 1. The Morgan fingerprint density at radius 3 is 2.50 bits per heavy atom. The van der Waals surface area contributed by atoms with E-state index in [0.29, 0.717) is 0 Å². The first-order chi connectivity index (χ1) is 5.68. The van der Waals surface area contributed by atoms with E-state index in [-0.39, 0.29) is 5.54 Å². The smallest absolute Gasteiger partial charge is 0.0424 e. The van der Waals surface area contributed by atoms with Gasteiger partial charge in [0.15, 0.2) is 0 Å². The molecule has 0 aliphatic carbocycles. The second-order valence-corrected chi connectivity index (χ2v) is 4.48. The maximum absolute atomic E-state index is 6.28. The van der Waals surface area contributed by atoms with Crippen molar-refractivity contribution in [3.05, 3.63) is 0 Å². The normalized spacial score (nSPS) is 38.5. The van der Waals surface area contributed by atoms with E-state index in [4.69, 9.17) is 5.73 Å². The molecule has 0 aromatic rings. The number of hydrogen-bond donors (Lipinski definition) is 1. The fourth-order valence-corrected chi connectivity index (χ4v) is 2.22. The van der Waals surface area contributed by atoms with E-state index in [2.05, 4.69) is 16.8 Å². The molecular weight excluding hydrogens is 150 g/mol. The Labute approximate surface area is 74.5 Å². The standard InChI is InChI=1S/C9H19N3/c1-11-6-3-9(10,7-11)8-12-4-2-5-12/h2-8,10H2,1H3. The average molecular weight is 169 g/mol.